The van der Waals surface area contributed by atoms with Gasteiger partial charge in [0, 0.05) is 17.7 Å². The number of hydrogen-bond acceptors (Lipinski definition) is 4. The van der Waals surface area contributed by atoms with E-state index in [2.05, 4.69) is 9.89 Å². The highest BCUT2D eigenvalue weighted by atomic mass is 19.4. The van der Waals surface area contributed by atoms with E-state index in [9.17, 15) is 13.2 Å². The van der Waals surface area contributed by atoms with E-state index in [1.165, 1.54) is 18.3 Å². The van der Waals surface area contributed by atoms with E-state index in [4.69, 9.17) is 10.2 Å². The van der Waals surface area contributed by atoms with Crippen molar-refractivity contribution in [1.82, 2.24) is 0 Å². The summed E-state index contributed by atoms with van der Waals surface area (Å²) in [5.41, 5.74) is 4.63. The number of aryl methyl sites for hydroxylation is 1. The van der Waals surface area contributed by atoms with Crippen LogP contribution in [0.4, 0.5) is 13.2 Å². The van der Waals surface area contributed by atoms with Crippen LogP contribution in [0, 0.1) is 11.3 Å². The van der Waals surface area contributed by atoms with E-state index < -0.39 is 6.36 Å². The van der Waals surface area contributed by atoms with Gasteiger partial charge in [-0.25, -0.2) is 0 Å². The normalized spacial score (nSPS) is 21.3. The molecule has 0 saturated carbocycles. The summed E-state index contributed by atoms with van der Waals surface area (Å²) in [6, 6.07) is 11.5. The Morgan fingerprint density at radius 1 is 1.15 bits per heavy atom. The molecule has 26 heavy (non-hydrogen) atoms. The van der Waals surface area contributed by atoms with E-state index in [1.807, 2.05) is 18.2 Å². The van der Waals surface area contributed by atoms with Crippen molar-refractivity contribution in [2.24, 2.45) is 11.1 Å². The van der Waals surface area contributed by atoms with Crippen LogP contribution in [0.2, 0.25) is 0 Å². The van der Waals surface area contributed by atoms with Crippen LogP contribution in [0.15, 0.2) is 47.6 Å². The number of alkyl halides is 3. The van der Waals surface area contributed by atoms with Crippen molar-refractivity contribution in [3.05, 3.63) is 64.7 Å². The highest BCUT2D eigenvalue weighted by Crippen LogP contribution is 2.42. The SMILES string of the molecule is N=Cc1ccc2c(c1)CCC1C2=NOC1c1ccc(OC(F)(F)F)cc1. The Balaban J connectivity index is 1.56. The number of nitrogens with zero attached hydrogens (tertiary/aromatic N) is 1. The van der Waals surface area contributed by atoms with Crippen LogP contribution in [0.25, 0.3) is 0 Å². The molecule has 0 saturated heterocycles. The number of halogens is 3. The minimum Gasteiger partial charge on any atom is -0.406 e. The maximum atomic E-state index is 12.3. The molecular formula is C19H15F3N2O2. The molecule has 1 aliphatic carbocycles. The molecule has 1 heterocycles. The Bertz CT molecular complexity index is 875. The number of nitrogens with one attached hydrogen (secondary N) is 1. The first-order valence-electron chi connectivity index (χ1n) is 8.18. The fourth-order valence-electron chi connectivity index (χ4n) is 3.56. The van der Waals surface area contributed by atoms with Crippen molar-refractivity contribution < 1.29 is 22.7 Å². The van der Waals surface area contributed by atoms with Crippen molar-refractivity contribution >= 4 is 11.9 Å². The lowest BCUT2D eigenvalue weighted by Gasteiger charge is -2.25. The number of hydrogen-bond donors (Lipinski definition) is 1. The summed E-state index contributed by atoms with van der Waals surface area (Å²) in [5.74, 6) is -0.198. The van der Waals surface area contributed by atoms with Gasteiger partial charge in [0.25, 0.3) is 0 Å². The molecule has 1 N–H and O–H groups in total. The Kier molecular flexibility index (Phi) is 3.94. The molecule has 7 heteroatoms. The van der Waals surface area contributed by atoms with E-state index in [0.717, 1.165) is 40.8 Å². The van der Waals surface area contributed by atoms with Gasteiger partial charge in [0.1, 0.15) is 5.75 Å². The fourth-order valence-corrected chi connectivity index (χ4v) is 3.56. The molecule has 0 radical (unpaired) electrons. The van der Waals surface area contributed by atoms with E-state index in [1.54, 1.807) is 12.1 Å². The lowest BCUT2D eigenvalue weighted by atomic mass is 9.78. The smallest absolute Gasteiger partial charge is 0.406 e. The average molecular weight is 360 g/mol. The Morgan fingerprint density at radius 3 is 2.62 bits per heavy atom. The van der Waals surface area contributed by atoms with Gasteiger partial charge in [-0.15, -0.1) is 13.2 Å². The second-order valence-corrected chi connectivity index (χ2v) is 6.33. The first-order valence-corrected chi connectivity index (χ1v) is 8.18. The molecule has 4 nitrogen and oxygen atoms in total. The molecule has 2 aromatic rings. The first kappa shape index (κ1) is 16.6. The summed E-state index contributed by atoms with van der Waals surface area (Å²) in [4.78, 5) is 5.62. The molecule has 1 aliphatic heterocycles. The molecule has 2 aliphatic rings. The van der Waals surface area contributed by atoms with Crippen molar-refractivity contribution in [3.63, 3.8) is 0 Å². The van der Waals surface area contributed by atoms with Crippen molar-refractivity contribution in [1.29, 1.82) is 5.41 Å². The van der Waals surface area contributed by atoms with Gasteiger partial charge in [-0.2, -0.15) is 0 Å². The Hall–Kier alpha value is -2.83. The van der Waals surface area contributed by atoms with Crippen LogP contribution in [-0.2, 0) is 11.3 Å². The maximum absolute atomic E-state index is 12.3. The molecule has 0 fully saturated rings. The van der Waals surface area contributed by atoms with Crippen molar-refractivity contribution in [3.8, 4) is 5.75 Å². The van der Waals surface area contributed by atoms with Gasteiger partial charge in [0.2, 0.25) is 0 Å². The minimum absolute atomic E-state index is 0.0581. The van der Waals surface area contributed by atoms with E-state index in [0.29, 0.717) is 0 Å². The second kappa shape index (κ2) is 6.16. The number of benzene rings is 2. The van der Waals surface area contributed by atoms with Gasteiger partial charge < -0.3 is 15.0 Å². The highest BCUT2D eigenvalue weighted by Gasteiger charge is 2.39. The monoisotopic (exact) mass is 360 g/mol. The minimum atomic E-state index is -4.70. The summed E-state index contributed by atoms with van der Waals surface area (Å²) in [5, 5.41) is 11.6. The Labute approximate surface area is 147 Å². The molecule has 0 aromatic heterocycles. The summed E-state index contributed by atoms with van der Waals surface area (Å²) >= 11 is 0. The zero-order chi connectivity index (χ0) is 18.3. The van der Waals surface area contributed by atoms with Gasteiger partial charge in [-0.3, -0.25) is 0 Å². The van der Waals surface area contributed by atoms with E-state index >= 15 is 0 Å². The summed E-state index contributed by atoms with van der Waals surface area (Å²) in [6.45, 7) is 0. The molecule has 2 unspecified atom stereocenters. The van der Waals surface area contributed by atoms with Crippen LogP contribution in [0.3, 0.4) is 0 Å². The third-order valence-corrected chi connectivity index (χ3v) is 4.72. The fraction of sp³-hybridized carbons (Fsp3) is 0.263. The van der Waals surface area contributed by atoms with Gasteiger partial charge in [-0.05, 0) is 47.7 Å². The average Bonchev–Trinajstić information content (AvgIpc) is 3.05. The third-order valence-electron chi connectivity index (χ3n) is 4.72. The number of oxime groups is 1. The predicted molar refractivity (Wildman–Crippen MR) is 89.6 cm³/mol. The van der Waals surface area contributed by atoms with E-state index in [-0.39, 0.29) is 17.8 Å². The highest BCUT2D eigenvalue weighted by molar-refractivity contribution is 6.05. The maximum Gasteiger partial charge on any atom is 0.573 e. The van der Waals surface area contributed by atoms with Crippen molar-refractivity contribution in [2.75, 3.05) is 0 Å². The molecule has 2 aromatic carbocycles. The van der Waals surface area contributed by atoms with Gasteiger partial charge in [-0.1, -0.05) is 29.4 Å². The first-order chi connectivity index (χ1) is 12.4. The zero-order valence-corrected chi connectivity index (χ0v) is 13.6. The van der Waals surface area contributed by atoms with Gasteiger partial charge in [0.05, 0.1) is 5.71 Å². The molecule has 0 amide bonds. The zero-order valence-electron chi connectivity index (χ0n) is 13.6. The van der Waals surface area contributed by atoms with Crippen LogP contribution in [-0.4, -0.2) is 18.3 Å². The summed E-state index contributed by atoms with van der Waals surface area (Å²) < 4.78 is 40.7. The molecule has 0 spiro atoms. The third kappa shape index (κ3) is 3.05. The summed E-state index contributed by atoms with van der Waals surface area (Å²) in [7, 11) is 0. The molecular weight excluding hydrogens is 345 g/mol. The molecule has 0 bridgehead atoms. The number of ether oxygens (including phenoxy) is 1. The lowest BCUT2D eigenvalue weighted by Crippen LogP contribution is -2.24. The van der Waals surface area contributed by atoms with Crippen molar-refractivity contribution in [2.45, 2.75) is 25.3 Å². The summed E-state index contributed by atoms with van der Waals surface area (Å²) in [6.07, 6.45) is -2.04. The largest absolute Gasteiger partial charge is 0.573 e. The quantitative estimate of drug-likeness (QED) is 0.812. The molecule has 134 valence electrons. The Morgan fingerprint density at radius 2 is 1.92 bits per heavy atom. The van der Waals surface area contributed by atoms with Gasteiger partial charge >= 0.3 is 6.36 Å². The second-order valence-electron chi connectivity index (χ2n) is 6.33. The number of rotatable bonds is 3. The van der Waals surface area contributed by atoms with Crippen LogP contribution in [0.5, 0.6) is 5.75 Å². The van der Waals surface area contributed by atoms with Gasteiger partial charge in [0.15, 0.2) is 6.10 Å². The molecule has 2 atom stereocenters. The predicted octanol–water partition coefficient (Wildman–Crippen LogP) is 4.62. The topological polar surface area (TPSA) is 54.7 Å². The standard InChI is InChI=1S/C19H15F3N2O2/c20-19(21,22)25-14-5-2-12(3-6-14)18-16-8-4-13-9-11(10-23)1-7-15(13)17(16)24-26-18/h1-3,5-7,9-10,16,18,23H,4,8H2. The lowest BCUT2D eigenvalue weighted by molar-refractivity contribution is -0.274. The molecule has 4 rings (SSSR count). The van der Waals surface area contributed by atoms with Crippen LogP contribution >= 0.6 is 0 Å². The number of fused-ring (bicyclic) bond motifs is 3. The van der Waals surface area contributed by atoms with Crippen LogP contribution in [0.1, 0.15) is 34.8 Å². The van der Waals surface area contributed by atoms with Crippen LogP contribution < -0.4 is 4.74 Å².